The summed E-state index contributed by atoms with van der Waals surface area (Å²) < 4.78 is 10.9. The highest BCUT2D eigenvalue weighted by molar-refractivity contribution is 6.37. The fraction of sp³-hybridized carbons (Fsp3) is 0.538. The molecule has 0 heterocycles. The van der Waals surface area contributed by atoms with Crippen LogP contribution in [0.15, 0.2) is 18.2 Å². The minimum absolute atomic E-state index is 0.436. The third-order valence-electron chi connectivity index (χ3n) is 2.19. The monoisotopic (exact) mass is 291 g/mol. The Kier molecular flexibility index (Phi) is 7.44. The third kappa shape index (κ3) is 5.91. The van der Waals surface area contributed by atoms with Gasteiger partial charge in [0.05, 0.1) is 23.3 Å². The molecule has 0 aliphatic heterocycles. The molecule has 0 saturated heterocycles. The van der Waals surface area contributed by atoms with Gasteiger partial charge in [-0.15, -0.1) is 0 Å². The van der Waals surface area contributed by atoms with E-state index in [9.17, 15) is 0 Å². The molecule has 0 saturated carbocycles. The quantitative estimate of drug-likeness (QED) is 0.745. The Balaban J connectivity index is 2.14. The average Bonchev–Trinajstić information content (AvgIpc) is 2.30. The highest BCUT2D eigenvalue weighted by atomic mass is 35.5. The maximum atomic E-state index is 5.97. The summed E-state index contributed by atoms with van der Waals surface area (Å²) in [6.45, 7) is 6.65. The predicted octanol–water partition coefficient (Wildman–Crippen LogP) is 3.39. The molecule has 1 N–H and O–H groups in total. The molecule has 1 rings (SSSR count). The van der Waals surface area contributed by atoms with E-state index < -0.39 is 0 Å². The van der Waals surface area contributed by atoms with Crippen molar-refractivity contribution >= 4 is 23.2 Å². The van der Waals surface area contributed by atoms with E-state index >= 15 is 0 Å². The molecule has 0 radical (unpaired) electrons. The molecule has 18 heavy (non-hydrogen) atoms. The molecular weight excluding hydrogens is 273 g/mol. The smallest absolute Gasteiger partial charge is 0.156 e. The van der Waals surface area contributed by atoms with Gasteiger partial charge in [0.2, 0.25) is 0 Å². The van der Waals surface area contributed by atoms with Crippen LogP contribution in [0.25, 0.3) is 0 Å². The topological polar surface area (TPSA) is 30.5 Å². The summed E-state index contributed by atoms with van der Waals surface area (Å²) in [5, 5.41) is 4.30. The van der Waals surface area contributed by atoms with Crippen molar-refractivity contribution in [2.24, 2.45) is 0 Å². The lowest BCUT2D eigenvalue weighted by Crippen LogP contribution is -2.27. The number of benzene rings is 1. The second-order valence-electron chi connectivity index (χ2n) is 4.12. The molecule has 0 aliphatic rings. The van der Waals surface area contributed by atoms with Crippen molar-refractivity contribution in [1.29, 1.82) is 0 Å². The van der Waals surface area contributed by atoms with E-state index in [1.807, 2.05) is 0 Å². The average molecular weight is 292 g/mol. The van der Waals surface area contributed by atoms with Gasteiger partial charge in [0, 0.05) is 12.6 Å². The lowest BCUT2D eigenvalue weighted by Gasteiger charge is -2.11. The van der Waals surface area contributed by atoms with Gasteiger partial charge in [0.15, 0.2) is 5.75 Å². The van der Waals surface area contributed by atoms with E-state index in [0.717, 1.165) is 6.54 Å². The fourth-order valence-corrected chi connectivity index (χ4v) is 1.85. The predicted molar refractivity (Wildman–Crippen MR) is 75.9 cm³/mol. The molecule has 0 unspecified atom stereocenters. The normalized spacial score (nSPS) is 10.9. The van der Waals surface area contributed by atoms with Crippen LogP contribution in [0.5, 0.6) is 5.75 Å². The zero-order valence-corrected chi connectivity index (χ0v) is 12.2. The van der Waals surface area contributed by atoms with Crippen molar-refractivity contribution in [3.8, 4) is 5.75 Å². The van der Waals surface area contributed by atoms with Gasteiger partial charge in [-0.05, 0) is 12.1 Å². The van der Waals surface area contributed by atoms with Gasteiger partial charge in [-0.2, -0.15) is 0 Å². The lowest BCUT2D eigenvalue weighted by atomic mass is 10.3. The lowest BCUT2D eigenvalue weighted by molar-refractivity contribution is 0.101. The number of hydrogen-bond acceptors (Lipinski definition) is 3. The second kappa shape index (κ2) is 8.59. The molecule has 1 aromatic rings. The van der Waals surface area contributed by atoms with Gasteiger partial charge in [-0.1, -0.05) is 43.1 Å². The van der Waals surface area contributed by atoms with Crippen molar-refractivity contribution in [3.63, 3.8) is 0 Å². The Morgan fingerprint density at radius 1 is 1.11 bits per heavy atom. The van der Waals surface area contributed by atoms with Crippen LogP contribution in [0.4, 0.5) is 0 Å². The highest BCUT2D eigenvalue weighted by Crippen LogP contribution is 2.32. The Hall–Kier alpha value is -0.480. The molecule has 0 aliphatic carbocycles. The van der Waals surface area contributed by atoms with Crippen LogP contribution in [0.1, 0.15) is 13.8 Å². The summed E-state index contributed by atoms with van der Waals surface area (Å²) in [5.41, 5.74) is 0. The minimum Gasteiger partial charge on any atom is -0.488 e. The van der Waals surface area contributed by atoms with Crippen LogP contribution in [0.2, 0.25) is 10.0 Å². The molecule has 0 amide bonds. The number of rotatable bonds is 8. The number of hydrogen-bond donors (Lipinski definition) is 1. The first-order valence-corrected chi connectivity index (χ1v) is 6.74. The summed E-state index contributed by atoms with van der Waals surface area (Å²) in [6, 6.07) is 5.75. The van der Waals surface area contributed by atoms with Gasteiger partial charge >= 0.3 is 0 Å². The third-order valence-corrected chi connectivity index (χ3v) is 2.79. The Morgan fingerprint density at radius 2 is 1.78 bits per heavy atom. The van der Waals surface area contributed by atoms with E-state index in [1.165, 1.54) is 0 Å². The number of para-hydroxylation sites is 1. The number of nitrogens with one attached hydrogen (secondary N) is 1. The van der Waals surface area contributed by atoms with Crippen LogP contribution in [-0.4, -0.2) is 32.4 Å². The summed E-state index contributed by atoms with van der Waals surface area (Å²) in [6.07, 6.45) is 0. The van der Waals surface area contributed by atoms with E-state index in [2.05, 4.69) is 19.2 Å². The van der Waals surface area contributed by atoms with Gasteiger partial charge in [-0.3, -0.25) is 0 Å². The number of ether oxygens (including phenoxy) is 2. The van der Waals surface area contributed by atoms with Crippen LogP contribution >= 0.6 is 23.2 Å². The maximum absolute atomic E-state index is 5.97. The first-order chi connectivity index (χ1) is 8.61. The molecular formula is C13H19Cl2NO2. The second-order valence-corrected chi connectivity index (χ2v) is 4.93. The van der Waals surface area contributed by atoms with E-state index in [0.29, 0.717) is 41.7 Å². The van der Waals surface area contributed by atoms with Gasteiger partial charge in [0.25, 0.3) is 0 Å². The molecule has 102 valence electrons. The molecule has 0 bridgehead atoms. The zero-order valence-electron chi connectivity index (χ0n) is 10.7. The van der Waals surface area contributed by atoms with Crippen molar-refractivity contribution in [2.75, 3.05) is 26.4 Å². The summed E-state index contributed by atoms with van der Waals surface area (Å²) >= 11 is 11.9. The molecule has 3 nitrogen and oxygen atoms in total. The maximum Gasteiger partial charge on any atom is 0.156 e. The molecule has 5 heteroatoms. The Labute approximate surface area is 118 Å². The van der Waals surface area contributed by atoms with E-state index in [1.54, 1.807) is 18.2 Å². The van der Waals surface area contributed by atoms with Crippen LogP contribution < -0.4 is 10.1 Å². The summed E-state index contributed by atoms with van der Waals surface area (Å²) in [5.74, 6) is 0.518. The van der Waals surface area contributed by atoms with E-state index in [4.69, 9.17) is 32.7 Å². The molecule has 1 aromatic carbocycles. The largest absolute Gasteiger partial charge is 0.488 e. The molecule has 0 aromatic heterocycles. The van der Waals surface area contributed by atoms with Crippen LogP contribution in [0.3, 0.4) is 0 Å². The van der Waals surface area contributed by atoms with Crippen molar-refractivity contribution in [1.82, 2.24) is 5.32 Å². The van der Waals surface area contributed by atoms with Crippen molar-refractivity contribution in [2.45, 2.75) is 19.9 Å². The first-order valence-electron chi connectivity index (χ1n) is 5.99. The Bertz CT molecular complexity index is 339. The van der Waals surface area contributed by atoms with Crippen molar-refractivity contribution < 1.29 is 9.47 Å². The summed E-state index contributed by atoms with van der Waals surface area (Å²) in [7, 11) is 0. The fourth-order valence-electron chi connectivity index (χ4n) is 1.34. The molecule has 0 fully saturated rings. The van der Waals surface area contributed by atoms with E-state index in [-0.39, 0.29) is 0 Å². The van der Waals surface area contributed by atoms with Crippen LogP contribution in [-0.2, 0) is 4.74 Å². The minimum atomic E-state index is 0.436. The standard InChI is InChI=1S/C13H19Cl2NO2/c1-10(2)16-6-7-17-8-9-18-13-11(14)4-3-5-12(13)15/h3-5,10,16H,6-9H2,1-2H3. The van der Waals surface area contributed by atoms with Crippen LogP contribution in [0, 0.1) is 0 Å². The molecule has 0 spiro atoms. The number of halogens is 2. The molecule has 0 atom stereocenters. The summed E-state index contributed by atoms with van der Waals surface area (Å²) in [4.78, 5) is 0. The van der Waals surface area contributed by atoms with Crippen molar-refractivity contribution in [3.05, 3.63) is 28.2 Å². The van der Waals surface area contributed by atoms with Gasteiger partial charge in [0.1, 0.15) is 6.61 Å². The SMILES string of the molecule is CC(C)NCCOCCOc1c(Cl)cccc1Cl. The zero-order chi connectivity index (χ0) is 13.4. The van der Waals surface area contributed by atoms with Gasteiger partial charge in [-0.25, -0.2) is 0 Å². The Morgan fingerprint density at radius 3 is 2.39 bits per heavy atom. The first kappa shape index (κ1) is 15.6. The highest BCUT2D eigenvalue weighted by Gasteiger charge is 2.05. The van der Waals surface area contributed by atoms with Gasteiger partial charge < -0.3 is 14.8 Å².